The summed E-state index contributed by atoms with van der Waals surface area (Å²) >= 11 is 0. The third-order valence-corrected chi connectivity index (χ3v) is 2.22. The molecule has 3 heteroatoms. The van der Waals surface area contributed by atoms with Crippen molar-refractivity contribution >= 4 is 11.4 Å². The first kappa shape index (κ1) is 8.81. The second-order valence-corrected chi connectivity index (χ2v) is 3.32. The number of aryl methyl sites for hydroxylation is 1. The lowest BCUT2D eigenvalue weighted by Crippen LogP contribution is -2.01. The number of Topliss-reactive ketones (excluding diaryl/α,β-unsaturated/α-hetero) is 1. The van der Waals surface area contributed by atoms with Crippen LogP contribution in [0.15, 0.2) is 30.1 Å². The van der Waals surface area contributed by atoms with Crippen LogP contribution in [0.5, 0.6) is 0 Å². The second-order valence-electron chi connectivity index (χ2n) is 3.32. The van der Waals surface area contributed by atoms with Gasteiger partial charge in [-0.3, -0.25) is 4.79 Å². The van der Waals surface area contributed by atoms with E-state index in [1.54, 1.807) is 0 Å². The lowest BCUT2D eigenvalue weighted by atomic mass is 10.0. The van der Waals surface area contributed by atoms with Gasteiger partial charge in [-0.25, -0.2) is 0 Å². The molecule has 2 rings (SSSR count). The van der Waals surface area contributed by atoms with Gasteiger partial charge in [-0.15, -0.1) is 0 Å². The predicted molar refractivity (Wildman–Crippen MR) is 53.2 cm³/mol. The molecule has 1 heterocycles. The van der Waals surface area contributed by atoms with Crippen LogP contribution < -0.4 is 5.73 Å². The average Bonchev–Trinajstić information content (AvgIpc) is 2.49. The fourth-order valence-electron chi connectivity index (χ4n) is 1.45. The van der Waals surface area contributed by atoms with Crippen molar-refractivity contribution in [1.82, 2.24) is 0 Å². The fourth-order valence-corrected chi connectivity index (χ4v) is 1.45. The van der Waals surface area contributed by atoms with Gasteiger partial charge in [-0.2, -0.15) is 0 Å². The van der Waals surface area contributed by atoms with Gasteiger partial charge < -0.3 is 10.5 Å². The van der Waals surface area contributed by atoms with Gasteiger partial charge in [0.25, 0.3) is 0 Å². The number of ether oxygens (including phenoxy) is 1. The molecule has 14 heavy (non-hydrogen) atoms. The average molecular weight is 189 g/mol. The second kappa shape index (κ2) is 3.18. The summed E-state index contributed by atoms with van der Waals surface area (Å²) in [7, 11) is 0. The van der Waals surface area contributed by atoms with E-state index >= 15 is 0 Å². The Hall–Kier alpha value is -1.77. The zero-order valence-corrected chi connectivity index (χ0v) is 7.91. The first-order valence-electron chi connectivity index (χ1n) is 4.41. The van der Waals surface area contributed by atoms with Gasteiger partial charge in [-0.1, -0.05) is 29.8 Å². The number of nitrogens with two attached hydrogens (primary N) is 1. The van der Waals surface area contributed by atoms with Crippen molar-refractivity contribution in [3.05, 3.63) is 41.3 Å². The molecule has 1 aromatic carbocycles. The molecular weight excluding hydrogens is 178 g/mol. The van der Waals surface area contributed by atoms with Crippen LogP contribution >= 0.6 is 0 Å². The van der Waals surface area contributed by atoms with E-state index in [0.717, 1.165) is 11.1 Å². The van der Waals surface area contributed by atoms with Gasteiger partial charge in [0.05, 0.1) is 5.57 Å². The van der Waals surface area contributed by atoms with Crippen molar-refractivity contribution in [2.24, 2.45) is 5.73 Å². The Balaban J connectivity index is 2.44. The number of hydrogen-bond donors (Lipinski definition) is 1. The molecule has 0 amide bonds. The number of carbonyl (C=O) groups is 1. The van der Waals surface area contributed by atoms with Crippen molar-refractivity contribution in [2.45, 2.75) is 6.92 Å². The number of carbonyl (C=O) groups excluding carboxylic acids is 1. The fraction of sp³-hybridized carbons (Fsp3) is 0.182. The lowest BCUT2D eigenvalue weighted by molar-refractivity contribution is -0.115. The van der Waals surface area contributed by atoms with Gasteiger partial charge >= 0.3 is 0 Å². The minimum atomic E-state index is -0.0497. The van der Waals surface area contributed by atoms with Gasteiger partial charge in [0.2, 0.25) is 5.78 Å². The third-order valence-electron chi connectivity index (χ3n) is 2.22. The summed E-state index contributed by atoms with van der Waals surface area (Å²) < 4.78 is 4.97. The van der Waals surface area contributed by atoms with Crippen molar-refractivity contribution < 1.29 is 9.53 Å². The van der Waals surface area contributed by atoms with E-state index in [9.17, 15) is 4.79 Å². The molecule has 0 aliphatic carbocycles. The summed E-state index contributed by atoms with van der Waals surface area (Å²) in [6, 6.07) is 7.65. The number of ketones is 1. The number of hydrogen-bond acceptors (Lipinski definition) is 3. The molecule has 0 radical (unpaired) electrons. The third kappa shape index (κ3) is 1.37. The summed E-state index contributed by atoms with van der Waals surface area (Å²) in [5, 5.41) is 0. The van der Waals surface area contributed by atoms with Crippen molar-refractivity contribution in [3.63, 3.8) is 0 Å². The largest absolute Gasteiger partial charge is 0.470 e. The summed E-state index contributed by atoms with van der Waals surface area (Å²) in [6.07, 6.45) is 0. The van der Waals surface area contributed by atoms with Crippen LogP contribution in [-0.4, -0.2) is 12.4 Å². The Morgan fingerprint density at radius 2 is 1.93 bits per heavy atom. The molecular formula is C11H11NO2. The highest BCUT2D eigenvalue weighted by atomic mass is 16.5. The van der Waals surface area contributed by atoms with E-state index in [-0.39, 0.29) is 18.3 Å². The standard InChI is InChI=1S/C11H11NO2/c1-7-2-4-8(5-3-7)10-9(13)6-14-11(10)12/h2-5H,6,12H2,1H3. The van der Waals surface area contributed by atoms with Crippen LogP contribution in [0.4, 0.5) is 0 Å². The molecule has 1 aliphatic rings. The molecule has 0 bridgehead atoms. The van der Waals surface area contributed by atoms with Crippen LogP contribution in [0.2, 0.25) is 0 Å². The minimum absolute atomic E-state index is 0.0497. The predicted octanol–water partition coefficient (Wildman–Crippen LogP) is 1.22. The highest BCUT2D eigenvalue weighted by Crippen LogP contribution is 2.23. The molecule has 0 saturated heterocycles. The Labute approximate surface area is 82.2 Å². The van der Waals surface area contributed by atoms with Gasteiger partial charge in [0.1, 0.15) is 0 Å². The summed E-state index contributed by atoms with van der Waals surface area (Å²) in [6.45, 7) is 2.06. The Morgan fingerprint density at radius 3 is 2.43 bits per heavy atom. The molecule has 0 spiro atoms. The van der Waals surface area contributed by atoms with Gasteiger partial charge in [-0.05, 0) is 12.5 Å². The molecule has 3 nitrogen and oxygen atoms in total. The highest BCUT2D eigenvalue weighted by Gasteiger charge is 2.23. The molecule has 0 unspecified atom stereocenters. The quantitative estimate of drug-likeness (QED) is 0.722. The van der Waals surface area contributed by atoms with E-state index in [1.165, 1.54) is 0 Å². The molecule has 0 atom stereocenters. The highest BCUT2D eigenvalue weighted by molar-refractivity contribution is 6.23. The monoisotopic (exact) mass is 189 g/mol. The van der Waals surface area contributed by atoms with Crippen molar-refractivity contribution in [3.8, 4) is 0 Å². The Kier molecular flexibility index (Phi) is 2.00. The first-order chi connectivity index (χ1) is 6.68. The van der Waals surface area contributed by atoms with Crippen LogP contribution in [0, 0.1) is 6.92 Å². The topological polar surface area (TPSA) is 52.3 Å². The molecule has 0 saturated carbocycles. The maximum Gasteiger partial charge on any atom is 0.206 e. The maximum absolute atomic E-state index is 11.4. The SMILES string of the molecule is Cc1ccc(C2=C(N)OCC2=O)cc1. The molecule has 0 aromatic heterocycles. The van der Waals surface area contributed by atoms with E-state index in [0.29, 0.717) is 5.57 Å². The zero-order valence-electron chi connectivity index (χ0n) is 7.91. The first-order valence-corrected chi connectivity index (χ1v) is 4.41. The van der Waals surface area contributed by atoms with Crippen LogP contribution in [-0.2, 0) is 9.53 Å². The smallest absolute Gasteiger partial charge is 0.206 e. The maximum atomic E-state index is 11.4. The molecule has 2 N–H and O–H groups in total. The van der Waals surface area contributed by atoms with Crippen molar-refractivity contribution in [2.75, 3.05) is 6.61 Å². The van der Waals surface area contributed by atoms with Gasteiger partial charge in [0.15, 0.2) is 12.5 Å². The van der Waals surface area contributed by atoms with Crippen LogP contribution in [0.25, 0.3) is 5.57 Å². The molecule has 72 valence electrons. The molecule has 1 aliphatic heterocycles. The van der Waals surface area contributed by atoms with Gasteiger partial charge in [0, 0.05) is 0 Å². The molecule has 1 aromatic rings. The summed E-state index contributed by atoms with van der Waals surface area (Å²) in [4.78, 5) is 11.4. The Morgan fingerprint density at radius 1 is 1.29 bits per heavy atom. The van der Waals surface area contributed by atoms with E-state index in [4.69, 9.17) is 10.5 Å². The lowest BCUT2D eigenvalue weighted by Gasteiger charge is -2.00. The minimum Gasteiger partial charge on any atom is -0.470 e. The molecule has 0 fully saturated rings. The summed E-state index contributed by atoms with van der Waals surface area (Å²) in [5.74, 6) is 0.185. The van der Waals surface area contributed by atoms with Crippen molar-refractivity contribution in [1.29, 1.82) is 0 Å². The Bertz CT molecular complexity index is 404. The number of benzene rings is 1. The van der Waals surface area contributed by atoms with E-state index < -0.39 is 0 Å². The van der Waals surface area contributed by atoms with Crippen LogP contribution in [0.3, 0.4) is 0 Å². The van der Waals surface area contributed by atoms with E-state index in [1.807, 2.05) is 31.2 Å². The normalized spacial score (nSPS) is 15.9. The summed E-state index contributed by atoms with van der Waals surface area (Å²) in [5.41, 5.74) is 8.06. The zero-order chi connectivity index (χ0) is 10.1. The number of rotatable bonds is 1. The van der Waals surface area contributed by atoms with Crippen LogP contribution in [0.1, 0.15) is 11.1 Å². The van der Waals surface area contributed by atoms with E-state index in [2.05, 4.69) is 0 Å².